The van der Waals surface area contributed by atoms with Crippen LogP contribution in [0.3, 0.4) is 0 Å². The van der Waals surface area contributed by atoms with Gasteiger partial charge in [0.05, 0.1) is 0 Å². The molecular formula is C2H10LuO8. The van der Waals surface area contributed by atoms with Gasteiger partial charge in [-0.3, -0.25) is 0 Å². The van der Waals surface area contributed by atoms with Gasteiger partial charge in [0.1, 0.15) is 0 Å². The Balaban J connectivity index is -0.0000000125. The first-order valence-corrected chi connectivity index (χ1v) is 1.11. The zero-order chi connectivity index (χ0) is 5.15. The molecule has 0 saturated carbocycles. The van der Waals surface area contributed by atoms with Gasteiger partial charge in [-0.25, -0.2) is 9.59 Å². The second kappa shape index (κ2) is 22.5. The molecule has 0 fully saturated rings. The Morgan fingerprint density at radius 3 is 0.818 bits per heavy atom. The molecule has 0 rings (SSSR count). The average Bonchev–Trinajstić information content (AvgIpc) is 1.36. The summed E-state index contributed by atoms with van der Waals surface area (Å²) in [6, 6.07) is 0. The summed E-state index contributed by atoms with van der Waals surface area (Å²) in [5, 5.41) is 14.8. The van der Waals surface area contributed by atoms with Gasteiger partial charge in [0.25, 0.3) is 0 Å². The van der Waals surface area contributed by atoms with Crippen LogP contribution in [-0.2, 0) is 9.59 Å². The second-order valence-corrected chi connectivity index (χ2v) is 0.610. The summed E-state index contributed by atoms with van der Waals surface area (Å²) in [7, 11) is 0. The minimum Gasteiger partial charge on any atom is -0.473 e. The van der Waals surface area contributed by atoms with Gasteiger partial charge >= 0.3 is 11.9 Å². The van der Waals surface area contributed by atoms with Crippen molar-refractivity contribution in [3.8, 4) is 0 Å². The zero-order valence-electron chi connectivity index (χ0n) is 4.97. The molecule has 0 aliphatic carbocycles. The Labute approximate surface area is 90.2 Å². The van der Waals surface area contributed by atoms with Gasteiger partial charge in [0, 0.05) is 36.9 Å². The van der Waals surface area contributed by atoms with Gasteiger partial charge in [-0.15, -0.1) is 0 Å². The molecule has 11 heavy (non-hydrogen) atoms. The predicted octanol–water partition coefficient (Wildman–Crippen LogP) is -4.14. The molecule has 0 amide bonds. The molecule has 0 spiro atoms. The molecule has 9 heteroatoms. The van der Waals surface area contributed by atoms with Crippen LogP contribution >= 0.6 is 0 Å². The van der Waals surface area contributed by atoms with Crippen LogP contribution in [0.2, 0.25) is 0 Å². The largest absolute Gasteiger partial charge is 0.473 e. The quantitative estimate of drug-likeness (QED) is 0.423. The molecule has 0 aliphatic rings. The summed E-state index contributed by atoms with van der Waals surface area (Å²) in [5.74, 6) is -3.65. The molecule has 0 aromatic rings. The van der Waals surface area contributed by atoms with Gasteiger partial charge in [0.15, 0.2) is 0 Å². The fourth-order valence-corrected chi connectivity index (χ4v) is 0. The minimum absolute atomic E-state index is 0. The Kier molecular flexibility index (Phi) is 89.9. The molecular weight excluding hydrogens is 327 g/mol. The topological polar surface area (TPSA) is 201 Å². The molecule has 1 radical (unpaired) electrons. The van der Waals surface area contributed by atoms with Crippen molar-refractivity contribution in [2.75, 3.05) is 0 Å². The summed E-state index contributed by atoms with van der Waals surface area (Å²) < 4.78 is 0. The summed E-state index contributed by atoms with van der Waals surface area (Å²) in [4.78, 5) is 18.2. The van der Waals surface area contributed by atoms with Crippen LogP contribution in [0.15, 0.2) is 0 Å². The van der Waals surface area contributed by atoms with Crippen LogP contribution < -0.4 is 0 Å². The number of hydrogen-bond acceptors (Lipinski definition) is 2. The molecule has 81 valence electrons. The number of carbonyl (C=O) groups is 2. The van der Waals surface area contributed by atoms with Crippen molar-refractivity contribution in [2.24, 2.45) is 0 Å². The van der Waals surface area contributed by atoms with Crippen molar-refractivity contribution in [3.63, 3.8) is 0 Å². The third kappa shape index (κ3) is 39.9. The standard InChI is InChI=1S/C2H2O4.Lu.4H2O/c3-1(4)2(5)6;;;;;/h(H,3,4)(H,5,6);;4*1H2. The van der Waals surface area contributed by atoms with Gasteiger partial charge in [-0.05, 0) is 0 Å². The maximum absolute atomic E-state index is 9.10. The molecule has 0 saturated heterocycles. The first-order valence-electron chi connectivity index (χ1n) is 1.11. The number of carboxylic acid groups (broad SMARTS) is 2. The van der Waals surface area contributed by atoms with E-state index in [1.807, 2.05) is 0 Å². The van der Waals surface area contributed by atoms with Crippen LogP contribution in [0.25, 0.3) is 0 Å². The molecule has 0 atom stereocenters. The van der Waals surface area contributed by atoms with Crippen LogP contribution in [0.5, 0.6) is 0 Å². The summed E-state index contributed by atoms with van der Waals surface area (Å²) in [5.41, 5.74) is 0. The smallest absolute Gasteiger partial charge is 0.414 e. The zero-order valence-corrected chi connectivity index (χ0v) is 6.63. The van der Waals surface area contributed by atoms with Crippen LogP contribution in [0.1, 0.15) is 0 Å². The summed E-state index contributed by atoms with van der Waals surface area (Å²) in [6.45, 7) is 0. The SMILES string of the molecule is O.O.O.O.O=C(O)C(=O)O.[Lu]. The Morgan fingerprint density at radius 2 is 0.818 bits per heavy atom. The molecule has 0 bridgehead atoms. The van der Waals surface area contributed by atoms with Gasteiger partial charge in [0.2, 0.25) is 0 Å². The Morgan fingerprint density at radius 1 is 0.727 bits per heavy atom. The second-order valence-electron chi connectivity index (χ2n) is 0.610. The first kappa shape index (κ1) is 43.9. The van der Waals surface area contributed by atoms with E-state index in [4.69, 9.17) is 19.8 Å². The monoisotopic (exact) mass is 337 g/mol. The fraction of sp³-hybridized carbons (Fsp3) is 0. The first-order chi connectivity index (χ1) is 2.64. The molecule has 0 unspecified atom stereocenters. The Hall–Kier alpha value is 0.0138. The van der Waals surface area contributed by atoms with Gasteiger partial charge < -0.3 is 32.1 Å². The average molecular weight is 337 g/mol. The van der Waals surface area contributed by atoms with E-state index in [0.29, 0.717) is 0 Å². The number of aliphatic carboxylic acids is 2. The molecule has 10 N–H and O–H groups in total. The summed E-state index contributed by atoms with van der Waals surface area (Å²) >= 11 is 0. The maximum atomic E-state index is 9.10. The van der Waals surface area contributed by atoms with E-state index in [1.165, 1.54) is 0 Å². The summed E-state index contributed by atoms with van der Waals surface area (Å²) in [6.07, 6.45) is 0. The van der Waals surface area contributed by atoms with Gasteiger partial charge in [-0.1, -0.05) is 0 Å². The van der Waals surface area contributed by atoms with Crippen molar-refractivity contribution in [1.29, 1.82) is 0 Å². The molecule has 0 aromatic heterocycles. The number of hydrogen-bond donors (Lipinski definition) is 2. The van der Waals surface area contributed by atoms with Crippen LogP contribution in [-0.4, -0.2) is 44.1 Å². The predicted molar refractivity (Wildman–Crippen MR) is 29.7 cm³/mol. The molecule has 0 aliphatic heterocycles. The van der Waals surface area contributed by atoms with E-state index in [2.05, 4.69) is 0 Å². The van der Waals surface area contributed by atoms with E-state index in [9.17, 15) is 0 Å². The van der Waals surface area contributed by atoms with Crippen molar-refractivity contribution in [2.45, 2.75) is 0 Å². The number of rotatable bonds is 0. The van der Waals surface area contributed by atoms with Crippen LogP contribution in [0, 0.1) is 36.9 Å². The third-order valence-electron chi connectivity index (χ3n) is 0.183. The van der Waals surface area contributed by atoms with Crippen molar-refractivity contribution in [3.05, 3.63) is 0 Å². The van der Waals surface area contributed by atoms with E-state index < -0.39 is 11.9 Å². The van der Waals surface area contributed by atoms with Crippen molar-refractivity contribution in [1.82, 2.24) is 0 Å². The van der Waals surface area contributed by atoms with E-state index in [-0.39, 0.29) is 58.8 Å². The van der Waals surface area contributed by atoms with E-state index in [1.54, 1.807) is 0 Å². The van der Waals surface area contributed by atoms with E-state index >= 15 is 0 Å². The molecule has 8 nitrogen and oxygen atoms in total. The van der Waals surface area contributed by atoms with Crippen molar-refractivity contribution >= 4 is 11.9 Å². The van der Waals surface area contributed by atoms with Crippen molar-refractivity contribution < 1.29 is 78.6 Å². The third-order valence-corrected chi connectivity index (χ3v) is 0.183. The number of carboxylic acids is 2. The molecule has 0 heterocycles. The van der Waals surface area contributed by atoms with Crippen LogP contribution in [0.4, 0.5) is 0 Å². The molecule has 0 aromatic carbocycles. The minimum atomic E-state index is -1.82. The normalized spacial score (nSPS) is 4.00. The Bertz CT molecular complexity index is 78.1. The van der Waals surface area contributed by atoms with Gasteiger partial charge in [-0.2, -0.15) is 0 Å². The fourth-order valence-electron chi connectivity index (χ4n) is 0. The maximum Gasteiger partial charge on any atom is 0.414 e. The van der Waals surface area contributed by atoms with E-state index in [0.717, 1.165) is 0 Å².